The maximum atomic E-state index is 4.45. The molecule has 4 rings (SSSR count). The maximum Gasteiger partial charge on any atom is 0.191 e. The molecule has 0 bridgehead atoms. The predicted molar refractivity (Wildman–Crippen MR) is 99.6 cm³/mol. The van der Waals surface area contributed by atoms with E-state index in [1.54, 1.807) is 0 Å². The zero-order valence-corrected chi connectivity index (χ0v) is 14.5. The van der Waals surface area contributed by atoms with Crippen LogP contribution in [0.15, 0.2) is 29.3 Å². The van der Waals surface area contributed by atoms with Crippen LogP contribution in [0.2, 0.25) is 0 Å². The molecule has 2 fully saturated rings. The molecule has 24 heavy (non-hydrogen) atoms. The summed E-state index contributed by atoms with van der Waals surface area (Å²) in [5, 5.41) is 6.69. The lowest BCUT2D eigenvalue weighted by molar-refractivity contribution is 0.248. The second kappa shape index (κ2) is 7.43. The van der Waals surface area contributed by atoms with Crippen LogP contribution in [0.25, 0.3) is 0 Å². The Balaban J connectivity index is 1.25. The van der Waals surface area contributed by atoms with Gasteiger partial charge in [-0.2, -0.15) is 0 Å². The Labute approximate surface area is 145 Å². The van der Waals surface area contributed by atoms with Gasteiger partial charge in [0.15, 0.2) is 5.96 Å². The second-order valence-electron chi connectivity index (χ2n) is 7.26. The van der Waals surface area contributed by atoms with Crippen molar-refractivity contribution in [2.75, 3.05) is 50.7 Å². The smallest absolute Gasteiger partial charge is 0.191 e. The zero-order valence-electron chi connectivity index (χ0n) is 14.5. The summed E-state index contributed by atoms with van der Waals surface area (Å²) in [7, 11) is 0. The van der Waals surface area contributed by atoms with E-state index in [0.717, 1.165) is 51.0 Å². The highest BCUT2D eigenvalue weighted by Gasteiger charge is 2.26. The first kappa shape index (κ1) is 15.8. The third kappa shape index (κ3) is 4.20. The Morgan fingerprint density at radius 2 is 1.88 bits per heavy atom. The van der Waals surface area contributed by atoms with Gasteiger partial charge in [-0.25, -0.2) is 0 Å². The molecule has 1 aromatic carbocycles. The fourth-order valence-corrected chi connectivity index (χ4v) is 3.52. The summed E-state index contributed by atoms with van der Waals surface area (Å²) in [6, 6.07) is 9.01. The first-order chi connectivity index (χ1) is 11.9. The van der Waals surface area contributed by atoms with Crippen LogP contribution in [-0.2, 0) is 6.54 Å². The molecule has 0 atom stereocenters. The predicted octanol–water partition coefficient (Wildman–Crippen LogP) is 1.66. The Kier molecular flexibility index (Phi) is 4.88. The highest BCUT2D eigenvalue weighted by molar-refractivity contribution is 5.80. The average Bonchev–Trinajstić information content (AvgIpc) is 3.46. The van der Waals surface area contributed by atoms with Crippen LogP contribution in [0.5, 0.6) is 0 Å². The van der Waals surface area contributed by atoms with Gasteiger partial charge in [0.1, 0.15) is 0 Å². The van der Waals surface area contributed by atoms with E-state index < -0.39 is 0 Å². The van der Waals surface area contributed by atoms with E-state index in [9.17, 15) is 0 Å². The van der Waals surface area contributed by atoms with Gasteiger partial charge in [-0.05, 0) is 42.9 Å². The summed E-state index contributed by atoms with van der Waals surface area (Å²) < 4.78 is 0. The van der Waals surface area contributed by atoms with Crippen molar-refractivity contribution in [2.45, 2.75) is 25.8 Å². The van der Waals surface area contributed by atoms with E-state index in [1.165, 1.54) is 43.7 Å². The lowest BCUT2D eigenvalue weighted by Crippen LogP contribution is -2.47. The van der Waals surface area contributed by atoms with Crippen molar-refractivity contribution in [2.24, 2.45) is 10.9 Å². The second-order valence-corrected chi connectivity index (χ2v) is 7.26. The highest BCUT2D eigenvalue weighted by Crippen LogP contribution is 2.30. The van der Waals surface area contributed by atoms with Crippen molar-refractivity contribution >= 4 is 11.6 Å². The largest absolute Gasteiger partial charge is 0.369 e. The van der Waals surface area contributed by atoms with Gasteiger partial charge in [0.2, 0.25) is 0 Å². The fraction of sp³-hybridized carbons (Fsp3) is 0.632. The Morgan fingerprint density at radius 1 is 1.08 bits per heavy atom. The molecule has 0 unspecified atom stereocenters. The molecular formula is C19H29N5. The van der Waals surface area contributed by atoms with E-state index in [0.29, 0.717) is 0 Å². The molecular weight excluding hydrogens is 298 g/mol. The van der Waals surface area contributed by atoms with Crippen molar-refractivity contribution in [3.05, 3.63) is 29.8 Å². The van der Waals surface area contributed by atoms with E-state index in [4.69, 9.17) is 0 Å². The third-order valence-corrected chi connectivity index (χ3v) is 5.24. The summed E-state index contributed by atoms with van der Waals surface area (Å²) in [5.74, 6) is 1.95. The fourth-order valence-electron chi connectivity index (χ4n) is 3.52. The average molecular weight is 327 g/mol. The zero-order chi connectivity index (χ0) is 16.2. The SMILES string of the molecule is c1cc(N2CCN(CC3CC3)CC2)ccc1CNC1=NCCCN1. The van der Waals surface area contributed by atoms with Crippen molar-refractivity contribution in [1.29, 1.82) is 0 Å². The van der Waals surface area contributed by atoms with E-state index in [-0.39, 0.29) is 0 Å². The van der Waals surface area contributed by atoms with Gasteiger partial charge >= 0.3 is 0 Å². The summed E-state index contributed by atoms with van der Waals surface area (Å²) in [4.78, 5) is 9.61. The van der Waals surface area contributed by atoms with Crippen LogP contribution in [0.1, 0.15) is 24.8 Å². The summed E-state index contributed by atoms with van der Waals surface area (Å²) in [6.07, 6.45) is 4.04. The topological polar surface area (TPSA) is 42.9 Å². The number of rotatable bonds is 5. The van der Waals surface area contributed by atoms with Gasteiger partial charge in [0, 0.05) is 58.0 Å². The van der Waals surface area contributed by atoms with Crippen molar-refractivity contribution in [3.8, 4) is 0 Å². The number of guanidine groups is 1. The van der Waals surface area contributed by atoms with E-state index >= 15 is 0 Å². The van der Waals surface area contributed by atoms with Crippen LogP contribution < -0.4 is 15.5 Å². The molecule has 130 valence electrons. The molecule has 0 radical (unpaired) electrons. The summed E-state index contributed by atoms with van der Waals surface area (Å²) in [5.41, 5.74) is 2.67. The molecule has 2 aliphatic heterocycles. The molecule has 1 saturated heterocycles. The normalized spacial score (nSPS) is 22.0. The minimum absolute atomic E-state index is 0.835. The number of hydrogen-bond acceptors (Lipinski definition) is 5. The molecule has 2 N–H and O–H groups in total. The molecule has 0 spiro atoms. The molecule has 1 aromatic rings. The maximum absolute atomic E-state index is 4.45. The highest BCUT2D eigenvalue weighted by atomic mass is 15.3. The van der Waals surface area contributed by atoms with Crippen LogP contribution in [-0.4, -0.2) is 56.7 Å². The van der Waals surface area contributed by atoms with Gasteiger partial charge in [0.05, 0.1) is 0 Å². The van der Waals surface area contributed by atoms with Crippen molar-refractivity contribution in [3.63, 3.8) is 0 Å². The number of hydrogen-bond donors (Lipinski definition) is 2. The first-order valence-corrected chi connectivity index (χ1v) is 9.45. The van der Waals surface area contributed by atoms with Crippen LogP contribution >= 0.6 is 0 Å². The molecule has 0 aromatic heterocycles. The monoisotopic (exact) mass is 327 g/mol. The van der Waals surface area contributed by atoms with E-state index in [1.807, 2.05) is 0 Å². The van der Waals surface area contributed by atoms with Crippen molar-refractivity contribution < 1.29 is 0 Å². The Hall–Kier alpha value is -1.75. The molecule has 3 aliphatic rings. The molecule has 5 heteroatoms. The molecule has 1 saturated carbocycles. The van der Waals surface area contributed by atoms with Crippen LogP contribution in [0.4, 0.5) is 5.69 Å². The molecule has 0 amide bonds. The number of piperazine rings is 1. The number of aliphatic imine (C=N–C) groups is 1. The minimum Gasteiger partial charge on any atom is -0.369 e. The molecule has 5 nitrogen and oxygen atoms in total. The standard InChI is InChI=1S/C19H29N5/c1-8-20-19(21-9-1)22-14-16-4-6-18(7-5-16)24-12-10-23(11-13-24)15-17-2-3-17/h4-7,17H,1-3,8-15H2,(H2,20,21,22). The number of anilines is 1. The number of nitrogens with zero attached hydrogens (tertiary/aromatic N) is 3. The Bertz CT molecular complexity index is 556. The van der Waals surface area contributed by atoms with E-state index in [2.05, 4.69) is 49.7 Å². The van der Waals surface area contributed by atoms with Crippen LogP contribution in [0, 0.1) is 5.92 Å². The van der Waals surface area contributed by atoms with Crippen molar-refractivity contribution in [1.82, 2.24) is 15.5 Å². The third-order valence-electron chi connectivity index (χ3n) is 5.24. The van der Waals surface area contributed by atoms with Gasteiger partial charge in [-0.3, -0.25) is 9.89 Å². The Morgan fingerprint density at radius 3 is 2.54 bits per heavy atom. The lowest BCUT2D eigenvalue weighted by Gasteiger charge is -2.36. The molecule has 2 heterocycles. The first-order valence-electron chi connectivity index (χ1n) is 9.45. The minimum atomic E-state index is 0.835. The van der Waals surface area contributed by atoms with Crippen LogP contribution in [0.3, 0.4) is 0 Å². The van der Waals surface area contributed by atoms with Gasteiger partial charge in [-0.15, -0.1) is 0 Å². The number of benzene rings is 1. The lowest BCUT2D eigenvalue weighted by atomic mass is 10.1. The quantitative estimate of drug-likeness (QED) is 0.863. The van der Waals surface area contributed by atoms with Gasteiger partial charge in [0.25, 0.3) is 0 Å². The number of nitrogens with one attached hydrogen (secondary N) is 2. The van der Waals surface area contributed by atoms with Gasteiger partial charge < -0.3 is 15.5 Å². The molecule has 1 aliphatic carbocycles. The summed E-state index contributed by atoms with van der Waals surface area (Å²) >= 11 is 0. The van der Waals surface area contributed by atoms with Gasteiger partial charge in [-0.1, -0.05) is 12.1 Å². The summed E-state index contributed by atoms with van der Waals surface area (Å²) in [6.45, 7) is 8.86.